The van der Waals surface area contributed by atoms with Crippen LogP contribution in [0.2, 0.25) is 0 Å². The van der Waals surface area contributed by atoms with Crippen LogP contribution in [-0.4, -0.2) is 0 Å². The lowest BCUT2D eigenvalue weighted by Crippen LogP contribution is -2.26. The highest BCUT2D eigenvalue weighted by Crippen LogP contribution is 2.41. The highest BCUT2D eigenvalue weighted by Gasteiger charge is 2.30. The van der Waals surface area contributed by atoms with Gasteiger partial charge in [0.25, 0.3) is 0 Å². The first-order chi connectivity index (χ1) is 8.27. The molecular formula is C18H38. The Morgan fingerprint density at radius 3 is 1.78 bits per heavy atom. The second kappa shape index (κ2) is 8.23. The second-order valence-electron chi connectivity index (χ2n) is 7.68. The minimum Gasteiger partial charge on any atom is -0.0654 e. The Morgan fingerprint density at radius 2 is 1.33 bits per heavy atom. The van der Waals surface area contributed by atoms with Gasteiger partial charge in [-0.25, -0.2) is 0 Å². The van der Waals surface area contributed by atoms with Gasteiger partial charge in [0.2, 0.25) is 0 Å². The number of hydrogen-bond acceptors (Lipinski definition) is 0. The lowest BCUT2D eigenvalue weighted by molar-refractivity contribution is 0.138. The van der Waals surface area contributed by atoms with E-state index in [9.17, 15) is 0 Å². The van der Waals surface area contributed by atoms with E-state index in [1.54, 1.807) is 0 Å². The van der Waals surface area contributed by atoms with Crippen molar-refractivity contribution < 1.29 is 0 Å². The summed E-state index contributed by atoms with van der Waals surface area (Å²) in [5, 5.41) is 0. The molecule has 18 heavy (non-hydrogen) atoms. The standard InChI is InChI=1S/C18H38/c1-8-10-11-13-18(7,16(3)4)15-14-17(5,6)12-9-2/h16H,8-15H2,1-7H3. The largest absolute Gasteiger partial charge is 0.0654 e. The summed E-state index contributed by atoms with van der Waals surface area (Å²) in [6.45, 7) is 16.9. The first-order valence-corrected chi connectivity index (χ1v) is 8.27. The van der Waals surface area contributed by atoms with E-state index in [0.717, 1.165) is 5.92 Å². The van der Waals surface area contributed by atoms with Crippen molar-refractivity contribution in [2.24, 2.45) is 16.7 Å². The normalized spacial score (nSPS) is 16.0. The second-order valence-corrected chi connectivity index (χ2v) is 7.68. The molecule has 1 atom stereocenters. The summed E-state index contributed by atoms with van der Waals surface area (Å²) in [7, 11) is 0. The zero-order valence-corrected chi connectivity index (χ0v) is 14.2. The van der Waals surface area contributed by atoms with Crippen molar-refractivity contribution in [3.05, 3.63) is 0 Å². The molecule has 0 aliphatic rings. The molecule has 0 aliphatic carbocycles. The van der Waals surface area contributed by atoms with E-state index in [4.69, 9.17) is 0 Å². The topological polar surface area (TPSA) is 0 Å². The van der Waals surface area contributed by atoms with Crippen LogP contribution in [0.1, 0.15) is 99.8 Å². The smallest absolute Gasteiger partial charge is 0.0303 e. The third-order valence-electron chi connectivity index (χ3n) is 5.04. The zero-order chi connectivity index (χ0) is 14.2. The number of hydrogen-bond donors (Lipinski definition) is 0. The number of unbranched alkanes of at least 4 members (excludes halogenated alkanes) is 2. The molecule has 0 fully saturated rings. The lowest BCUT2D eigenvalue weighted by Gasteiger charge is -2.37. The molecule has 0 spiro atoms. The van der Waals surface area contributed by atoms with Gasteiger partial charge in [-0.2, -0.15) is 0 Å². The van der Waals surface area contributed by atoms with Crippen molar-refractivity contribution in [1.82, 2.24) is 0 Å². The Kier molecular flexibility index (Phi) is 8.23. The Balaban J connectivity index is 4.34. The predicted molar refractivity (Wildman–Crippen MR) is 85.0 cm³/mol. The quantitative estimate of drug-likeness (QED) is 0.374. The molecular weight excluding hydrogens is 216 g/mol. The molecule has 0 heterocycles. The van der Waals surface area contributed by atoms with E-state index in [1.807, 2.05) is 0 Å². The van der Waals surface area contributed by atoms with Gasteiger partial charge in [0.15, 0.2) is 0 Å². The maximum Gasteiger partial charge on any atom is -0.0303 e. The van der Waals surface area contributed by atoms with E-state index >= 15 is 0 Å². The maximum absolute atomic E-state index is 2.52. The molecule has 0 saturated heterocycles. The van der Waals surface area contributed by atoms with Crippen LogP contribution in [0, 0.1) is 16.7 Å². The molecule has 0 saturated carbocycles. The van der Waals surface area contributed by atoms with Crippen LogP contribution in [0.25, 0.3) is 0 Å². The van der Waals surface area contributed by atoms with E-state index in [1.165, 1.54) is 51.4 Å². The molecule has 0 aromatic heterocycles. The Morgan fingerprint density at radius 1 is 0.722 bits per heavy atom. The first kappa shape index (κ1) is 18.0. The van der Waals surface area contributed by atoms with Gasteiger partial charge < -0.3 is 0 Å². The van der Waals surface area contributed by atoms with E-state index in [0.29, 0.717) is 10.8 Å². The summed E-state index contributed by atoms with van der Waals surface area (Å²) in [5.74, 6) is 0.812. The molecule has 0 amide bonds. The van der Waals surface area contributed by atoms with E-state index < -0.39 is 0 Å². The Hall–Kier alpha value is 0. The molecule has 0 nitrogen and oxygen atoms in total. The average Bonchev–Trinajstić information content (AvgIpc) is 2.27. The summed E-state index contributed by atoms with van der Waals surface area (Å²) in [5.41, 5.74) is 1.09. The molecule has 0 bridgehead atoms. The van der Waals surface area contributed by atoms with Crippen molar-refractivity contribution in [3.63, 3.8) is 0 Å². The molecule has 0 aromatic carbocycles. The van der Waals surface area contributed by atoms with E-state index in [-0.39, 0.29) is 0 Å². The van der Waals surface area contributed by atoms with Gasteiger partial charge in [0, 0.05) is 0 Å². The van der Waals surface area contributed by atoms with Crippen molar-refractivity contribution in [2.75, 3.05) is 0 Å². The molecule has 0 radical (unpaired) electrons. The first-order valence-electron chi connectivity index (χ1n) is 8.27. The van der Waals surface area contributed by atoms with Gasteiger partial charge in [-0.05, 0) is 42.4 Å². The molecule has 0 rings (SSSR count). The van der Waals surface area contributed by atoms with Crippen LogP contribution in [0.4, 0.5) is 0 Å². The Labute approximate surface area is 117 Å². The van der Waals surface area contributed by atoms with E-state index in [2.05, 4.69) is 48.5 Å². The van der Waals surface area contributed by atoms with Crippen LogP contribution in [0.3, 0.4) is 0 Å². The van der Waals surface area contributed by atoms with Gasteiger partial charge in [-0.3, -0.25) is 0 Å². The van der Waals surface area contributed by atoms with Gasteiger partial charge in [0.1, 0.15) is 0 Å². The molecule has 0 aliphatic heterocycles. The molecule has 110 valence electrons. The fourth-order valence-corrected chi connectivity index (χ4v) is 2.91. The minimum atomic E-state index is 0.537. The van der Waals surface area contributed by atoms with Gasteiger partial charge in [0.05, 0.1) is 0 Å². The molecule has 0 aromatic rings. The molecule has 1 unspecified atom stereocenters. The fraction of sp³-hybridized carbons (Fsp3) is 1.00. The van der Waals surface area contributed by atoms with Gasteiger partial charge in [-0.1, -0.05) is 74.1 Å². The summed E-state index contributed by atoms with van der Waals surface area (Å²) in [6.07, 6.45) is 11.1. The number of rotatable bonds is 10. The minimum absolute atomic E-state index is 0.537. The average molecular weight is 255 g/mol. The van der Waals surface area contributed by atoms with Crippen LogP contribution < -0.4 is 0 Å². The van der Waals surface area contributed by atoms with Gasteiger partial charge >= 0.3 is 0 Å². The third kappa shape index (κ3) is 6.81. The van der Waals surface area contributed by atoms with Crippen LogP contribution in [-0.2, 0) is 0 Å². The SMILES string of the molecule is CCCCCC(C)(CCC(C)(C)CCC)C(C)C. The van der Waals surface area contributed by atoms with Crippen molar-refractivity contribution >= 4 is 0 Å². The van der Waals surface area contributed by atoms with Crippen LogP contribution in [0.5, 0.6) is 0 Å². The van der Waals surface area contributed by atoms with Gasteiger partial charge in [-0.15, -0.1) is 0 Å². The van der Waals surface area contributed by atoms with Crippen LogP contribution >= 0.6 is 0 Å². The third-order valence-corrected chi connectivity index (χ3v) is 5.04. The zero-order valence-electron chi connectivity index (χ0n) is 14.2. The van der Waals surface area contributed by atoms with Crippen LogP contribution in [0.15, 0.2) is 0 Å². The summed E-state index contributed by atoms with van der Waals surface area (Å²) in [4.78, 5) is 0. The lowest BCUT2D eigenvalue weighted by atomic mass is 9.68. The highest BCUT2D eigenvalue weighted by atomic mass is 14.4. The maximum atomic E-state index is 2.52. The molecule has 0 heteroatoms. The molecule has 0 N–H and O–H groups in total. The summed E-state index contributed by atoms with van der Waals surface area (Å²) < 4.78 is 0. The monoisotopic (exact) mass is 254 g/mol. The summed E-state index contributed by atoms with van der Waals surface area (Å²) >= 11 is 0. The fourth-order valence-electron chi connectivity index (χ4n) is 2.91. The van der Waals surface area contributed by atoms with Crippen molar-refractivity contribution in [3.8, 4) is 0 Å². The predicted octanol–water partition coefficient (Wildman–Crippen LogP) is 6.84. The van der Waals surface area contributed by atoms with Crippen molar-refractivity contribution in [2.45, 2.75) is 99.8 Å². The van der Waals surface area contributed by atoms with Crippen molar-refractivity contribution in [1.29, 1.82) is 0 Å². The highest BCUT2D eigenvalue weighted by molar-refractivity contribution is 4.81. The Bertz CT molecular complexity index is 202. The summed E-state index contributed by atoms with van der Waals surface area (Å²) in [6, 6.07) is 0.